The summed E-state index contributed by atoms with van der Waals surface area (Å²) in [6.07, 6.45) is 5.86. The van der Waals surface area contributed by atoms with E-state index >= 15 is 0 Å². The summed E-state index contributed by atoms with van der Waals surface area (Å²) in [5, 5.41) is 11.2. The lowest BCUT2D eigenvalue weighted by atomic mass is 9.89. The Morgan fingerprint density at radius 2 is 2.04 bits per heavy atom. The van der Waals surface area contributed by atoms with Crippen molar-refractivity contribution < 1.29 is 13.6 Å². The smallest absolute Gasteiger partial charge is 0.277 e. The van der Waals surface area contributed by atoms with E-state index in [1.807, 2.05) is 0 Å². The first-order valence-electron chi connectivity index (χ1n) is 8.18. The van der Waals surface area contributed by atoms with Crippen LogP contribution in [0.5, 0.6) is 0 Å². The minimum atomic E-state index is -0.320. The van der Waals surface area contributed by atoms with Crippen molar-refractivity contribution in [2.75, 3.05) is 5.75 Å². The molecule has 0 bridgehead atoms. The Hall–Kier alpha value is -1.89. The summed E-state index contributed by atoms with van der Waals surface area (Å²) >= 11 is 1.21. The molecule has 1 aromatic heterocycles. The van der Waals surface area contributed by atoms with Gasteiger partial charge in [0.05, 0.1) is 5.75 Å². The van der Waals surface area contributed by atoms with E-state index in [9.17, 15) is 9.18 Å². The standard InChI is InChI=1S/C17H20FN3O2S/c18-14-9-5-4-8-13(14)10-19-15(22)11-24-17-21-20-16(23-17)12-6-2-1-3-7-12/h4-5,8-9,12H,1-3,6-7,10-11H2,(H,19,22). The molecular formula is C17H20FN3O2S. The lowest BCUT2D eigenvalue weighted by Crippen LogP contribution is -2.25. The van der Waals surface area contributed by atoms with Gasteiger partial charge in [0.15, 0.2) is 0 Å². The molecule has 128 valence electrons. The molecule has 1 amide bonds. The number of nitrogens with zero attached hydrogens (tertiary/aromatic N) is 2. The van der Waals surface area contributed by atoms with E-state index in [2.05, 4.69) is 15.5 Å². The zero-order valence-corrected chi connectivity index (χ0v) is 14.2. The number of nitrogens with one attached hydrogen (secondary N) is 1. The largest absolute Gasteiger partial charge is 0.416 e. The Kier molecular flexibility index (Phi) is 5.85. The molecule has 1 heterocycles. The molecule has 0 atom stereocenters. The maximum Gasteiger partial charge on any atom is 0.277 e. The number of carbonyl (C=O) groups is 1. The maximum absolute atomic E-state index is 13.5. The average molecular weight is 349 g/mol. The van der Waals surface area contributed by atoms with Gasteiger partial charge in [-0.3, -0.25) is 4.79 Å². The van der Waals surface area contributed by atoms with Crippen LogP contribution in [0.4, 0.5) is 4.39 Å². The predicted octanol–water partition coefficient (Wildman–Crippen LogP) is 3.66. The number of halogens is 1. The molecule has 1 aliphatic carbocycles. The van der Waals surface area contributed by atoms with Crippen molar-refractivity contribution in [1.82, 2.24) is 15.5 Å². The van der Waals surface area contributed by atoms with Crippen LogP contribution in [0, 0.1) is 5.82 Å². The van der Waals surface area contributed by atoms with Crippen molar-refractivity contribution in [2.24, 2.45) is 0 Å². The van der Waals surface area contributed by atoms with Crippen molar-refractivity contribution in [2.45, 2.75) is 49.8 Å². The Bertz CT molecular complexity index is 686. The highest BCUT2D eigenvalue weighted by atomic mass is 32.2. The van der Waals surface area contributed by atoms with Gasteiger partial charge in [-0.1, -0.05) is 49.2 Å². The minimum absolute atomic E-state index is 0.167. The summed E-state index contributed by atoms with van der Waals surface area (Å²) in [6.45, 7) is 0.170. The van der Waals surface area contributed by atoms with Crippen LogP contribution in [0.1, 0.15) is 49.5 Å². The predicted molar refractivity (Wildman–Crippen MR) is 89.1 cm³/mol. The van der Waals surface area contributed by atoms with E-state index in [1.54, 1.807) is 18.2 Å². The van der Waals surface area contributed by atoms with Crippen molar-refractivity contribution >= 4 is 17.7 Å². The molecule has 0 spiro atoms. The van der Waals surface area contributed by atoms with Crippen molar-refractivity contribution in [3.63, 3.8) is 0 Å². The number of aromatic nitrogens is 2. The first kappa shape index (κ1) is 17.0. The lowest BCUT2D eigenvalue weighted by molar-refractivity contribution is -0.118. The molecule has 7 heteroatoms. The molecule has 1 saturated carbocycles. The van der Waals surface area contributed by atoms with Crippen LogP contribution in [0.2, 0.25) is 0 Å². The Balaban J connectivity index is 1.44. The number of hydrogen-bond acceptors (Lipinski definition) is 5. The normalized spacial score (nSPS) is 15.4. The fourth-order valence-corrected chi connectivity index (χ4v) is 3.41. The van der Waals surface area contributed by atoms with E-state index in [1.165, 1.54) is 37.1 Å². The van der Waals surface area contributed by atoms with Crippen LogP contribution < -0.4 is 5.32 Å². The van der Waals surface area contributed by atoms with Crippen LogP contribution in [-0.4, -0.2) is 21.9 Å². The zero-order chi connectivity index (χ0) is 16.8. The van der Waals surface area contributed by atoms with Crippen LogP contribution in [0.3, 0.4) is 0 Å². The zero-order valence-electron chi connectivity index (χ0n) is 13.3. The van der Waals surface area contributed by atoms with Crippen molar-refractivity contribution in [1.29, 1.82) is 0 Å². The van der Waals surface area contributed by atoms with Crippen LogP contribution in [-0.2, 0) is 11.3 Å². The Labute approximate surface area is 144 Å². The molecule has 0 saturated heterocycles. The molecule has 0 radical (unpaired) electrons. The quantitative estimate of drug-likeness (QED) is 0.806. The first-order valence-corrected chi connectivity index (χ1v) is 9.17. The third-order valence-electron chi connectivity index (χ3n) is 4.14. The monoisotopic (exact) mass is 349 g/mol. The summed E-state index contributed by atoms with van der Waals surface area (Å²) in [6, 6.07) is 6.39. The number of thioether (sulfide) groups is 1. The minimum Gasteiger partial charge on any atom is -0.416 e. The molecule has 2 aromatic rings. The number of carbonyl (C=O) groups excluding carboxylic acids is 1. The highest BCUT2D eigenvalue weighted by molar-refractivity contribution is 7.99. The van der Waals surface area contributed by atoms with Gasteiger partial charge in [-0.2, -0.15) is 0 Å². The molecule has 1 fully saturated rings. The summed E-state index contributed by atoms with van der Waals surface area (Å²) in [5.41, 5.74) is 0.466. The van der Waals surface area contributed by atoms with Gasteiger partial charge >= 0.3 is 0 Å². The van der Waals surface area contributed by atoms with E-state index in [4.69, 9.17) is 4.42 Å². The number of hydrogen-bond donors (Lipinski definition) is 1. The SMILES string of the molecule is O=C(CSc1nnc(C2CCCCC2)o1)NCc1ccccc1F. The molecule has 0 unspecified atom stereocenters. The highest BCUT2D eigenvalue weighted by Gasteiger charge is 2.21. The molecule has 1 N–H and O–H groups in total. The Morgan fingerprint density at radius 1 is 1.25 bits per heavy atom. The molecule has 0 aliphatic heterocycles. The number of rotatable bonds is 6. The van der Waals surface area contributed by atoms with Gasteiger partial charge in [-0.15, -0.1) is 10.2 Å². The summed E-state index contributed by atoms with van der Waals surface area (Å²) < 4.78 is 19.1. The van der Waals surface area contributed by atoms with Gasteiger partial charge in [0.1, 0.15) is 5.82 Å². The molecule has 1 aromatic carbocycles. The topological polar surface area (TPSA) is 68.0 Å². The van der Waals surface area contributed by atoms with Gasteiger partial charge < -0.3 is 9.73 Å². The first-order chi connectivity index (χ1) is 11.7. The van der Waals surface area contributed by atoms with Crippen LogP contribution >= 0.6 is 11.8 Å². The summed E-state index contributed by atoms with van der Waals surface area (Å²) in [7, 11) is 0. The van der Waals surface area contributed by atoms with Gasteiger partial charge in [-0.05, 0) is 18.9 Å². The molecule has 5 nitrogen and oxygen atoms in total. The summed E-state index contributed by atoms with van der Waals surface area (Å²) in [5.74, 6) is 0.695. The highest BCUT2D eigenvalue weighted by Crippen LogP contribution is 2.32. The van der Waals surface area contributed by atoms with E-state index < -0.39 is 0 Å². The van der Waals surface area contributed by atoms with Crippen LogP contribution in [0.25, 0.3) is 0 Å². The van der Waals surface area contributed by atoms with Gasteiger partial charge in [0, 0.05) is 18.0 Å². The fraction of sp³-hybridized carbons (Fsp3) is 0.471. The summed E-state index contributed by atoms with van der Waals surface area (Å²) in [4.78, 5) is 11.9. The lowest BCUT2D eigenvalue weighted by Gasteiger charge is -2.17. The third kappa shape index (κ3) is 4.56. The average Bonchev–Trinajstić information content (AvgIpc) is 3.09. The molecule has 1 aliphatic rings. The van der Waals surface area contributed by atoms with E-state index in [-0.39, 0.29) is 24.0 Å². The fourth-order valence-electron chi connectivity index (χ4n) is 2.81. The van der Waals surface area contributed by atoms with E-state index in [0.717, 1.165) is 12.8 Å². The van der Waals surface area contributed by atoms with Crippen molar-refractivity contribution in [3.8, 4) is 0 Å². The second-order valence-corrected chi connectivity index (χ2v) is 6.82. The van der Waals surface area contributed by atoms with Crippen molar-refractivity contribution in [3.05, 3.63) is 41.5 Å². The van der Waals surface area contributed by atoms with E-state index in [0.29, 0.717) is 22.6 Å². The Morgan fingerprint density at radius 3 is 2.83 bits per heavy atom. The maximum atomic E-state index is 13.5. The molecule has 24 heavy (non-hydrogen) atoms. The van der Waals surface area contributed by atoms with Gasteiger partial charge in [0.25, 0.3) is 5.22 Å². The molecular weight excluding hydrogens is 329 g/mol. The second-order valence-electron chi connectivity index (χ2n) is 5.90. The van der Waals surface area contributed by atoms with Crippen LogP contribution in [0.15, 0.2) is 33.9 Å². The second kappa shape index (κ2) is 8.28. The van der Waals surface area contributed by atoms with Gasteiger partial charge in [0.2, 0.25) is 11.8 Å². The number of benzene rings is 1. The molecule has 3 rings (SSSR count). The number of amides is 1. The third-order valence-corrected chi connectivity index (χ3v) is 4.96. The van der Waals surface area contributed by atoms with Gasteiger partial charge in [-0.25, -0.2) is 4.39 Å².